The summed E-state index contributed by atoms with van der Waals surface area (Å²) < 4.78 is 17.4. The van der Waals surface area contributed by atoms with E-state index in [0.717, 1.165) is 28.1 Å². The summed E-state index contributed by atoms with van der Waals surface area (Å²) in [6.45, 7) is 7.76. The molecule has 2 aliphatic rings. The zero-order chi connectivity index (χ0) is 18.3. The Morgan fingerprint density at radius 2 is 1.73 bits per heavy atom. The fourth-order valence-electron chi connectivity index (χ4n) is 3.76. The summed E-state index contributed by atoms with van der Waals surface area (Å²) in [6.07, 6.45) is 0. The van der Waals surface area contributed by atoms with Crippen molar-refractivity contribution in [2.45, 2.75) is 26.6 Å². The predicted molar refractivity (Wildman–Crippen MR) is 98.5 cm³/mol. The SMILES string of the molecule is Cc1ccc(OCCN2C(=O)C3(OCCO3)c3cc(C)cc(C)c32)cc1. The summed E-state index contributed by atoms with van der Waals surface area (Å²) in [4.78, 5) is 14.9. The van der Waals surface area contributed by atoms with E-state index < -0.39 is 5.79 Å². The molecule has 1 spiro atoms. The predicted octanol–water partition coefficient (Wildman–Crippen LogP) is 3.24. The van der Waals surface area contributed by atoms with Crippen molar-refractivity contribution < 1.29 is 19.0 Å². The quantitative estimate of drug-likeness (QED) is 0.847. The zero-order valence-corrected chi connectivity index (χ0v) is 15.4. The van der Waals surface area contributed by atoms with Gasteiger partial charge in [-0.3, -0.25) is 4.79 Å². The Morgan fingerprint density at radius 1 is 1.04 bits per heavy atom. The molecule has 26 heavy (non-hydrogen) atoms. The first-order valence-electron chi connectivity index (χ1n) is 8.92. The lowest BCUT2D eigenvalue weighted by Gasteiger charge is -2.22. The largest absolute Gasteiger partial charge is 0.492 e. The first kappa shape index (κ1) is 17.1. The van der Waals surface area contributed by atoms with Crippen LogP contribution >= 0.6 is 0 Å². The topological polar surface area (TPSA) is 48.0 Å². The van der Waals surface area contributed by atoms with Gasteiger partial charge < -0.3 is 19.1 Å². The fourth-order valence-corrected chi connectivity index (χ4v) is 3.76. The minimum absolute atomic E-state index is 0.161. The average Bonchev–Trinajstić information content (AvgIpc) is 3.18. The molecule has 0 unspecified atom stereocenters. The molecule has 0 aromatic heterocycles. The van der Waals surface area contributed by atoms with Gasteiger partial charge in [-0.25, -0.2) is 0 Å². The van der Waals surface area contributed by atoms with Crippen molar-refractivity contribution in [2.24, 2.45) is 0 Å². The van der Waals surface area contributed by atoms with Gasteiger partial charge >= 0.3 is 0 Å². The van der Waals surface area contributed by atoms with Gasteiger partial charge in [0.2, 0.25) is 0 Å². The molecular formula is C21H23NO4. The van der Waals surface area contributed by atoms with Crippen LogP contribution in [-0.4, -0.2) is 32.3 Å². The van der Waals surface area contributed by atoms with Crippen LogP contribution in [0.15, 0.2) is 36.4 Å². The molecule has 2 aromatic rings. The maximum atomic E-state index is 13.2. The number of benzene rings is 2. The summed E-state index contributed by atoms with van der Waals surface area (Å²) in [5, 5.41) is 0. The zero-order valence-electron chi connectivity index (χ0n) is 15.4. The van der Waals surface area contributed by atoms with Gasteiger partial charge in [0.25, 0.3) is 11.7 Å². The van der Waals surface area contributed by atoms with Crippen LogP contribution in [0.1, 0.15) is 22.3 Å². The van der Waals surface area contributed by atoms with E-state index in [2.05, 4.69) is 6.07 Å². The summed E-state index contributed by atoms with van der Waals surface area (Å²) in [7, 11) is 0. The van der Waals surface area contributed by atoms with Crippen molar-refractivity contribution in [3.63, 3.8) is 0 Å². The monoisotopic (exact) mass is 353 g/mol. The lowest BCUT2D eigenvalue weighted by Crippen LogP contribution is -2.42. The lowest BCUT2D eigenvalue weighted by atomic mass is 10.0. The van der Waals surface area contributed by atoms with E-state index in [-0.39, 0.29) is 5.91 Å². The van der Waals surface area contributed by atoms with E-state index >= 15 is 0 Å². The van der Waals surface area contributed by atoms with Crippen LogP contribution in [0, 0.1) is 20.8 Å². The molecule has 5 heteroatoms. The maximum absolute atomic E-state index is 13.2. The first-order chi connectivity index (χ1) is 12.5. The highest BCUT2D eigenvalue weighted by molar-refractivity contribution is 6.07. The number of hydrogen-bond donors (Lipinski definition) is 0. The summed E-state index contributed by atoms with van der Waals surface area (Å²) in [5.74, 6) is -0.645. The van der Waals surface area contributed by atoms with E-state index in [9.17, 15) is 4.79 Å². The number of fused-ring (bicyclic) bond motifs is 2. The van der Waals surface area contributed by atoms with Crippen LogP contribution in [0.5, 0.6) is 5.75 Å². The third kappa shape index (κ3) is 2.68. The molecule has 4 rings (SSSR count). The van der Waals surface area contributed by atoms with Crippen LogP contribution in [0.25, 0.3) is 0 Å². The van der Waals surface area contributed by atoms with Crippen LogP contribution in [-0.2, 0) is 20.1 Å². The second-order valence-corrected chi connectivity index (χ2v) is 6.91. The third-order valence-corrected chi connectivity index (χ3v) is 4.89. The number of anilines is 1. The minimum atomic E-state index is -1.28. The number of carbonyl (C=O) groups is 1. The van der Waals surface area contributed by atoms with Gasteiger partial charge in [0.1, 0.15) is 12.4 Å². The number of aryl methyl sites for hydroxylation is 3. The van der Waals surface area contributed by atoms with Crippen LogP contribution in [0.2, 0.25) is 0 Å². The Balaban J connectivity index is 1.59. The smallest absolute Gasteiger partial charge is 0.292 e. The van der Waals surface area contributed by atoms with Crippen LogP contribution in [0.3, 0.4) is 0 Å². The Morgan fingerprint density at radius 3 is 2.42 bits per heavy atom. The van der Waals surface area contributed by atoms with Gasteiger partial charge in [-0.15, -0.1) is 0 Å². The van der Waals surface area contributed by atoms with Crippen LogP contribution in [0.4, 0.5) is 5.69 Å². The van der Waals surface area contributed by atoms with Gasteiger partial charge in [0.15, 0.2) is 0 Å². The van der Waals surface area contributed by atoms with Gasteiger partial charge in [-0.1, -0.05) is 29.3 Å². The van der Waals surface area contributed by atoms with E-state index in [0.29, 0.717) is 26.4 Å². The molecule has 0 bridgehead atoms. The highest BCUT2D eigenvalue weighted by atomic mass is 16.7. The highest BCUT2D eigenvalue weighted by Crippen LogP contribution is 2.47. The molecule has 0 radical (unpaired) electrons. The third-order valence-electron chi connectivity index (χ3n) is 4.89. The molecule has 1 amide bonds. The molecule has 2 aromatic carbocycles. The molecule has 2 aliphatic heterocycles. The Kier molecular flexibility index (Phi) is 4.21. The molecule has 0 N–H and O–H groups in total. The number of nitrogens with zero attached hydrogens (tertiary/aromatic N) is 1. The van der Waals surface area contributed by atoms with Crippen molar-refractivity contribution >= 4 is 11.6 Å². The van der Waals surface area contributed by atoms with Gasteiger partial charge in [0.05, 0.1) is 25.4 Å². The number of carbonyl (C=O) groups excluding carboxylic acids is 1. The second kappa shape index (κ2) is 6.41. The molecule has 1 saturated heterocycles. The van der Waals surface area contributed by atoms with Crippen molar-refractivity contribution in [2.75, 3.05) is 31.3 Å². The fraction of sp³-hybridized carbons (Fsp3) is 0.381. The lowest BCUT2D eigenvalue weighted by molar-refractivity contribution is -0.180. The van der Waals surface area contributed by atoms with E-state index in [4.69, 9.17) is 14.2 Å². The van der Waals surface area contributed by atoms with Crippen molar-refractivity contribution in [1.82, 2.24) is 0 Å². The summed E-state index contributed by atoms with van der Waals surface area (Å²) in [6, 6.07) is 12.0. The van der Waals surface area contributed by atoms with E-state index in [1.807, 2.05) is 51.1 Å². The normalized spacial score (nSPS) is 17.8. The standard InChI is InChI=1S/C21H23NO4/c1-14-4-6-17(7-5-14)24-9-8-22-19-16(3)12-15(2)13-18(19)21(20(22)23)25-10-11-26-21/h4-7,12-13H,8-11H2,1-3H3. The van der Waals surface area contributed by atoms with E-state index in [1.165, 1.54) is 5.56 Å². The van der Waals surface area contributed by atoms with Crippen LogP contribution < -0.4 is 9.64 Å². The number of rotatable bonds is 4. The molecule has 0 saturated carbocycles. The van der Waals surface area contributed by atoms with Gasteiger partial charge in [0, 0.05) is 5.56 Å². The molecule has 136 valence electrons. The second-order valence-electron chi connectivity index (χ2n) is 6.91. The van der Waals surface area contributed by atoms with Gasteiger partial charge in [-0.2, -0.15) is 0 Å². The number of amides is 1. The maximum Gasteiger partial charge on any atom is 0.292 e. The average molecular weight is 353 g/mol. The Bertz CT molecular complexity index is 838. The number of ether oxygens (including phenoxy) is 3. The highest BCUT2D eigenvalue weighted by Gasteiger charge is 2.56. The van der Waals surface area contributed by atoms with Crippen molar-refractivity contribution in [3.05, 3.63) is 58.7 Å². The van der Waals surface area contributed by atoms with Crippen molar-refractivity contribution in [1.29, 1.82) is 0 Å². The molecule has 1 fully saturated rings. The van der Waals surface area contributed by atoms with E-state index in [1.54, 1.807) is 4.90 Å². The molecular weight excluding hydrogens is 330 g/mol. The Labute approximate surface area is 153 Å². The summed E-state index contributed by atoms with van der Waals surface area (Å²) in [5.41, 5.74) is 5.01. The summed E-state index contributed by atoms with van der Waals surface area (Å²) >= 11 is 0. The first-order valence-corrected chi connectivity index (χ1v) is 8.92. The molecule has 5 nitrogen and oxygen atoms in total. The minimum Gasteiger partial charge on any atom is -0.492 e. The Hall–Kier alpha value is -2.37. The van der Waals surface area contributed by atoms with Crippen molar-refractivity contribution in [3.8, 4) is 5.75 Å². The van der Waals surface area contributed by atoms with Gasteiger partial charge in [-0.05, 0) is 44.5 Å². The molecule has 0 atom stereocenters. The molecule has 2 heterocycles. The number of hydrogen-bond acceptors (Lipinski definition) is 4. The molecule has 0 aliphatic carbocycles.